The van der Waals surface area contributed by atoms with Crippen molar-refractivity contribution in [1.29, 1.82) is 0 Å². The van der Waals surface area contributed by atoms with Gasteiger partial charge >= 0.3 is 0 Å². The van der Waals surface area contributed by atoms with Crippen LogP contribution in [-0.4, -0.2) is 37.7 Å². The molecule has 0 radical (unpaired) electrons. The second-order valence-electron chi connectivity index (χ2n) is 7.65. The van der Waals surface area contributed by atoms with Crippen LogP contribution in [0.1, 0.15) is 30.9 Å². The Morgan fingerprint density at radius 2 is 2.10 bits per heavy atom. The van der Waals surface area contributed by atoms with E-state index in [2.05, 4.69) is 17.2 Å². The molecule has 1 unspecified atom stereocenters. The van der Waals surface area contributed by atoms with Crippen LogP contribution in [0.25, 0.3) is 10.1 Å². The van der Waals surface area contributed by atoms with Gasteiger partial charge in [-0.2, -0.15) is 0 Å². The van der Waals surface area contributed by atoms with Crippen LogP contribution in [0.4, 0.5) is 4.39 Å². The van der Waals surface area contributed by atoms with Crippen LogP contribution in [0.5, 0.6) is 11.5 Å². The number of hydrogen-bond acceptors (Lipinski definition) is 4. The summed E-state index contributed by atoms with van der Waals surface area (Å²) in [5.74, 6) is 1.70. The van der Waals surface area contributed by atoms with Crippen LogP contribution in [0.2, 0.25) is 0 Å². The molecule has 0 fully saturated rings. The molecule has 0 saturated heterocycles. The first-order chi connectivity index (χ1) is 14.2. The summed E-state index contributed by atoms with van der Waals surface area (Å²) in [4.78, 5) is 2.55. The average Bonchev–Trinajstić information content (AvgIpc) is 3.14. The molecule has 1 aliphatic rings. The van der Waals surface area contributed by atoms with Gasteiger partial charge in [-0.3, -0.25) is 4.90 Å². The Kier molecular flexibility index (Phi) is 7.98. The Morgan fingerprint density at radius 3 is 2.90 bits per heavy atom. The lowest BCUT2D eigenvalue weighted by Gasteiger charge is -2.35. The van der Waals surface area contributed by atoms with Gasteiger partial charge in [0, 0.05) is 16.3 Å². The van der Waals surface area contributed by atoms with E-state index in [0.717, 1.165) is 60.4 Å². The van der Waals surface area contributed by atoms with Gasteiger partial charge in [-0.15, -0.1) is 23.7 Å². The van der Waals surface area contributed by atoms with Gasteiger partial charge in [0.05, 0.1) is 7.11 Å². The van der Waals surface area contributed by atoms with Crippen LogP contribution in [0.15, 0.2) is 41.8 Å². The topological polar surface area (TPSA) is 21.7 Å². The molecular formula is C24H29ClFNO2S. The smallest absolute Gasteiger partial charge is 0.126 e. The summed E-state index contributed by atoms with van der Waals surface area (Å²) in [5.41, 5.74) is 2.43. The molecule has 2 heterocycles. The minimum atomic E-state index is -0.156. The van der Waals surface area contributed by atoms with Crippen LogP contribution >= 0.6 is 23.7 Å². The molecule has 3 aromatic rings. The monoisotopic (exact) mass is 449 g/mol. The first-order valence-electron chi connectivity index (χ1n) is 10.4. The number of fused-ring (bicyclic) bond motifs is 2. The standard InChI is InChI=1S/C24H28FNO2S.ClH/c1-3-11-26(19-14-21-22(27-2)7-4-8-23(21)28-15-19)12-5-6-17-16-29-24-10-9-18(25)13-20(17)24;/h4,7-10,13,16,19H,3,5-6,11-12,14-15H2,1-2H3;1H. The van der Waals surface area contributed by atoms with Crippen molar-refractivity contribution in [3.63, 3.8) is 0 Å². The fourth-order valence-electron chi connectivity index (χ4n) is 4.27. The van der Waals surface area contributed by atoms with E-state index in [9.17, 15) is 4.39 Å². The van der Waals surface area contributed by atoms with Crippen molar-refractivity contribution in [2.24, 2.45) is 0 Å². The van der Waals surface area contributed by atoms with Crippen molar-refractivity contribution >= 4 is 33.8 Å². The Morgan fingerprint density at radius 1 is 1.23 bits per heavy atom. The van der Waals surface area contributed by atoms with E-state index in [1.807, 2.05) is 24.3 Å². The molecule has 0 aliphatic carbocycles. The van der Waals surface area contributed by atoms with E-state index in [1.54, 1.807) is 30.6 Å². The van der Waals surface area contributed by atoms with E-state index < -0.39 is 0 Å². The zero-order valence-electron chi connectivity index (χ0n) is 17.5. The van der Waals surface area contributed by atoms with Gasteiger partial charge in [0.25, 0.3) is 0 Å². The Bertz CT molecular complexity index is 963. The Balaban J connectivity index is 0.00000256. The molecule has 0 amide bonds. The van der Waals surface area contributed by atoms with E-state index >= 15 is 0 Å². The van der Waals surface area contributed by atoms with Crippen molar-refractivity contribution in [2.45, 2.75) is 38.6 Å². The van der Waals surface area contributed by atoms with Gasteiger partial charge in [-0.05, 0) is 85.4 Å². The predicted octanol–water partition coefficient (Wildman–Crippen LogP) is 6.12. The number of aryl methyl sites for hydroxylation is 1. The third-order valence-corrected chi connectivity index (χ3v) is 6.73. The molecule has 1 aliphatic heterocycles. The van der Waals surface area contributed by atoms with Gasteiger partial charge in [0.2, 0.25) is 0 Å². The summed E-state index contributed by atoms with van der Waals surface area (Å²) < 4.78 is 26.4. The van der Waals surface area contributed by atoms with Gasteiger partial charge in [-0.1, -0.05) is 13.0 Å². The quantitative estimate of drug-likeness (QED) is 0.413. The minimum absolute atomic E-state index is 0. The first-order valence-corrected chi connectivity index (χ1v) is 11.3. The Hall–Kier alpha value is -1.82. The second-order valence-corrected chi connectivity index (χ2v) is 8.56. The summed E-state index contributed by atoms with van der Waals surface area (Å²) in [5, 5.41) is 3.25. The highest BCUT2D eigenvalue weighted by molar-refractivity contribution is 7.17. The molecule has 3 nitrogen and oxygen atoms in total. The lowest BCUT2D eigenvalue weighted by Crippen LogP contribution is -2.44. The highest BCUT2D eigenvalue weighted by Crippen LogP contribution is 2.34. The number of methoxy groups -OCH3 is 1. The second kappa shape index (κ2) is 10.5. The van der Waals surface area contributed by atoms with Gasteiger partial charge in [0.15, 0.2) is 0 Å². The normalized spacial score (nSPS) is 15.5. The SMILES string of the molecule is CCCN(CCCc1csc2ccc(F)cc12)C1COc2cccc(OC)c2C1.Cl. The van der Waals surface area contributed by atoms with Gasteiger partial charge in [0.1, 0.15) is 23.9 Å². The number of halogens is 2. The van der Waals surface area contributed by atoms with Crippen LogP contribution in [-0.2, 0) is 12.8 Å². The maximum Gasteiger partial charge on any atom is 0.126 e. The number of thiophene rings is 1. The molecule has 1 aromatic heterocycles. The molecule has 0 saturated carbocycles. The number of nitrogens with zero attached hydrogens (tertiary/aromatic N) is 1. The predicted molar refractivity (Wildman–Crippen MR) is 125 cm³/mol. The zero-order valence-corrected chi connectivity index (χ0v) is 19.2. The van der Waals surface area contributed by atoms with Crippen molar-refractivity contribution < 1.29 is 13.9 Å². The lowest BCUT2D eigenvalue weighted by atomic mass is 9.99. The van der Waals surface area contributed by atoms with Gasteiger partial charge in [-0.25, -0.2) is 4.39 Å². The fraction of sp³-hybridized carbons (Fsp3) is 0.417. The van der Waals surface area contributed by atoms with Crippen molar-refractivity contribution in [3.8, 4) is 11.5 Å². The summed E-state index contributed by atoms with van der Waals surface area (Å²) in [6.07, 6.45) is 4.09. The summed E-state index contributed by atoms with van der Waals surface area (Å²) in [6, 6.07) is 11.5. The maximum absolute atomic E-state index is 13.6. The Labute approximate surface area is 188 Å². The fourth-order valence-corrected chi connectivity index (χ4v) is 5.25. The van der Waals surface area contributed by atoms with Crippen molar-refractivity contribution in [3.05, 3.63) is 58.7 Å². The third kappa shape index (κ3) is 4.90. The summed E-state index contributed by atoms with van der Waals surface area (Å²) in [7, 11) is 1.72. The molecular weight excluding hydrogens is 421 g/mol. The highest BCUT2D eigenvalue weighted by atomic mass is 35.5. The van der Waals surface area contributed by atoms with Crippen molar-refractivity contribution in [2.75, 3.05) is 26.8 Å². The van der Waals surface area contributed by atoms with E-state index in [-0.39, 0.29) is 18.2 Å². The largest absolute Gasteiger partial charge is 0.496 e. The minimum Gasteiger partial charge on any atom is -0.496 e. The molecule has 30 heavy (non-hydrogen) atoms. The number of hydrogen-bond donors (Lipinski definition) is 0. The molecule has 0 bridgehead atoms. The lowest BCUT2D eigenvalue weighted by molar-refractivity contribution is 0.116. The summed E-state index contributed by atoms with van der Waals surface area (Å²) >= 11 is 1.70. The molecule has 2 aromatic carbocycles. The molecule has 1 atom stereocenters. The van der Waals surface area contributed by atoms with E-state index in [0.29, 0.717) is 12.6 Å². The highest BCUT2D eigenvalue weighted by Gasteiger charge is 2.27. The van der Waals surface area contributed by atoms with Crippen LogP contribution < -0.4 is 9.47 Å². The molecule has 0 N–H and O–H groups in total. The van der Waals surface area contributed by atoms with E-state index in [1.165, 1.54) is 11.1 Å². The van der Waals surface area contributed by atoms with Crippen LogP contribution in [0, 0.1) is 5.82 Å². The van der Waals surface area contributed by atoms with Gasteiger partial charge < -0.3 is 9.47 Å². The maximum atomic E-state index is 13.6. The number of benzene rings is 2. The number of rotatable bonds is 8. The third-order valence-electron chi connectivity index (χ3n) is 5.72. The average molecular weight is 450 g/mol. The molecule has 162 valence electrons. The van der Waals surface area contributed by atoms with Crippen molar-refractivity contribution in [1.82, 2.24) is 4.90 Å². The molecule has 0 spiro atoms. The number of ether oxygens (including phenoxy) is 2. The molecule has 4 rings (SSSR count). The zero-order chi connectivity index (χ0) is 20.2. The van der Waals surface area contributed by atoms with E-state index in [4.69, 9.17) is 9.47 Å². The van der Waals surface area contributed by atoms with Crippen LogP contribution in [0.3, 0.4) is 0 Å². The molecule has 6 heteroatoms. The summed E-state index contributed by atoms with van der Waals surface area (Å²) in [6.45, 7) is 5.00. The first kappa shape index (κ1) is 22.9.